The lowest BCUT2D eigenvalue weighted by Gasteiger charge is -2.17. The Morgan fingerprint density at radius 3 is 2.48 bits per heavy atom. The fourth-order valence-electron chi connectivity index (χ4n) is 3.64. The van der Waals surface area contributed by atoms with Gasteiger partial charge in [-0.2, -0.15) is 4.31 Å². The smallest absolute Gasteiger partial charge is 0.252 e. The van der Waals surface area contributed by atoms with Gasteiger partial charge in [-0.1, -0.05) is 42.5 Å². The van der Waals surface area contributed by atoms with E-state index in [4.69, 9.17) is 10.5 Å². The van der Waals surface area contributed by atoms with E-state index in [0.29, 0.717) is 13.1 Å². The molecule has 0 spiro atoms. The Hall–Kier alpha value is -2.90. The first-order valence-corrected chi connectivity index (χ1v) is 10.9. The number of rotatable bonds is 6. The highest BCUT2D eigenvalue weighted by molar-refractivity contribution is 7.89. The number of amides is 1. The molecule has 0 unspecified atom stereocenters. The van der Waals surface area contributed by atoms with Crippen molar-refractivity contribution in [1.29, 1.82) is 0 Å². The monoisotopic (exact) mass is 410 g/mol. The summed E-state index contributed by atoms with van der Waals surface area (Å²) in [7, 11) is -3.64. The second-order valence-corrected chi connectivity index (χ2v) is 9.00. The number of carbonyl (C=O) groups is 1. The summed E-state index contributed by atoms with van der Waals surface area (Å²) >= 11 is 0. The lowest BCUT2D eigenvalue weighted by molar-refractivity contribution is 0.0995. The molecule has 1 fully saturated rings. The van der Waals surface area contributed by atoms with E-state index in [1.165, 1.54) is 22.5 Å². The maximum atomic E-state index is 12.8. The minimum atomic E-state index is -3.64. The molecule has 1 aliphatic rings. The Kier molecular flexibility index (Phi) is 5.25. The molecular weight excluding hydrogens is 388 g/mol. The van der Waals surface area contributed by atoms with E-state index in [2.05, 4.69) is 0 Å². The molecule has 7 heteroatoms. The number of fused-ring (bicyclic) bond motifs is 1. The zero-order valence-corrected chi connectivity index (χ0v) is 16.7. The first-order valence-electron chi connectivity index (χ1n) is 9.50. The highest BCUT2D eigenvalue weighted by atomic mass is 32.2. The SMILES string of the molecule is NC(=O)c1cc(S(=O)(=O)N2CCCC2)ccc1OCc1cccc2ccccc12. The van der Waals surface area contributed by atoms with E-state index in [1.807, 2.05) is 42.5 Å². The van der Waals surface area contributed by atoms with Gasteiger partial charge in [-0.05, 0) is 47.4 Å². The van der Waals surface area contributed by atoms with Crippen molar-refractivity contribution in [2.45, 2.75) is 24.3 Å². The number of sulfonamides is 1. The molecule has 0 aromatic heterocycles. The van der Waals surface area contributed by atoms with E-state index in [-0.39, 0.29) is 22.8 Å². The zero-order chi connectivity index (χ0) is 20.4. The molecule has 3 aromatic rings. The van der Waals surface area contributed by atoms with Crippen LogP contribution in [-0.2, 0) is 16.6 Å². The third kappa shape index (κ3) is 3.83. The summed E-state index contributed by atoms with van der Waals surface area (Å²) in [6.45, 7) is 1.22. The van der Waals surface area contributed by atoms with Crippen LogP contribution >= 0.6 is 0 Å². The number of benzene rings is 3. The fraction of sp³-hybridized carbons (Fsp3) is 0.227. The first kappa shape index (κ1) is 19.4. The van der Waals surface area contributed by atoms with Crippen LogP contribution in [0.5, 0.6) is 5.75 Å². The molecule has 0 saturated carbocycles. The largest absolute Gasteiger partial charge is 0.488 e. The molecule has 0 atom stereocenters. The third-order valence-electron chi connectivity index (χ3n) is 5.18. The van der Waals surface area contributed by atoms with Crippen molar-refractivity contribution in [2.24, 2.45) is 5.73 Å². The van der Waals surface area contributed by atoms with E-state index in [9.17, 15) is 13.2 Å². The molecular formula is C22H22N2O4S. The van der Waals surface area contributed by atoms with Crippen molar-refractivity contribution < 1.29 is 17.9 Å². The average molecular weight is 410 g/mol. The van der Waals surface area contributed by atoms with Gasteiger partial charge in [0.2, 0.25) is 10.0 Å². The van der Waals surface area contributed by atoms with Gasteiger partial charge in [-0.15, -0.1) is 0 Å². The first-order chi connectivity index (χ1) is 14.0. The van der Waals surface area contributed by atoms with Gasteiger partial charge in [-0.3, -0.25) is 4.79 Å². The van der Waals surface area contributed by atoms with Gasteiger partial charge in [0.1, 0.15) is 12.4 Å². The van der Waals surface area contributed by atoms with E-state index in [1.54, 1.807) is 0 Å². The summed E-state index contributed by atoms with van der Waals surface area (Å²) in [5.41, 5.74) is 6.54. The molecule has 150 valence electrons. The van der Waals surface area contributed by atoms with Crippen LogP contribution in [0.4, 0.5) is 0 Å². The van der Waals surface area contributed by atoms with Crippen molar-refractivity contribution in [3.63, 3.8) is 0 Å². The lowest BCUT2D eigenvalue weighted by Crippen LogP contribution is -2.28. The van der Waals surface area contributed by atoms with Crippen LogP contribution in [0, 0.1) is 0 Å². The number of nitrogens with two attached hydrogens (primary N) is 1. The molecule has 29 heavy (non-hydrogen) atoms. The highest BCUT2D eigenvalue weighted by Gasteiger charge is 2.28. The minimum Gasteiger partial charge on any atom is -0.488 e. The summed E-state index contributed by atoms with van der Waals surface area (Å²) in [5, 5.41) is 2.15. The van der Waals surface area contributed by atoms with Gasteiger partial charge in [-0.25, -0.2) is 8.42 Å². The summed E-state index contributed by atoms with van der Waals surface area (Å²) < 4.78 is 32.9. The number of hydrogen-bond donors (Lipinski definition) is 1. The summed E-state index contributed by atoms with van der Waals surface area (Å²) in [6, 6.07) is 18.2. The van der Waals surface area contributed by atoms with Gasteiger partial charge in [0.15, 0.2) is 0 Å². The van der Waals surface area contributed by atoms with E-state index >= 15 is 0 Å². The molecule has 3 aromatic carbocycles. The van der Waals surface area contributed by atoms with E-state index < -0.39 is 15.9 Å². The standard InChI is InChI=1S/C22H22N2O4S/c23-22(25)20-14-18(29(26,27)24-12-3-4-13-24)10-11-21(20)28-15-17-8-5-7-16-6-1-2-9-19(16)17/h1-2,5-11,14H,3-4,12-13,15H2,(H2,23,25). The molecule has 2 N–H and O–H groups in total. The molecule has 0 radical (unpaired) electrons. The van der Waals surface area contributed by atoms with E-state index in [0.717, 1.165) is 29.2 Å². The predicted octanol–water partition coefficient (Wildman–Crippen LogP) is 3.30. The molecule has 1 heterocycles. The zero-order valence-electron chi connectivity index (χ0n) is 15.9. The Labute approximate surface area is 169 Å². The predicted molar refractivity (Wildman–Crippen MR) is 111 cm³/mol. The molecule has 6 nitrogen and oxygen atoms in total. The molecule has 0 aliphatic carbocycles. The molecule has 0 bridgehead atoms. The van der Waals surface area contributed by atoms with Crippen LogP contribution in [-0.4, -0.2) is 31.7 Å². The van der Waals surface area contributed by atoms with Crippen LogP contribution in [0.3, 0.4) is 0 Å². The Balaban J connectivity index is 1.63. The molecule has 1 amide bonds. The third-order valence-corrected chi connectivity index (χ3v) is 7.08. The van der Waals surface area contributed by atoms with Gasteiger partial charge in [0.25, 0.3) is 5.91 Å². The van der Waals surface area contributed by atoms with Crippen molar-refractivity contribution in [3.8, 4) is 5.75 Å². The van der Waals surface area contributed by atoms with Crippen molar-refractivity contribution in [3.05, 3.63) is 71.8 Å². The number of hydrogen-bond acceptors (Lipinski definition) is 4. The normalized spacial score (nSPS) is 14.9. The van der Waals surface area contributed by atoms with Crippen molar-refractivity contribution in [1.82, 2.24) is 4.31 Å². The van der Waals surface area contributed by atoms with Gasteiger partial charge >= 0.3 is 0 Å². The fourth-order valence-corrected chi connectivity index (χ4v) is 5.18. The molecule has 4 rings (SSSR count). The topological polar surface area (TPSA) is 89.7 Å². The average Bonchev–Trinajstić information content (AvgIpc) is 3.28. The van der Waals surface area contributed by atoms with Crippen LogP contribution in [0.2, 0.25) is 0 Å². The minimum absolute atomic E-state index is 0.0607. The van der Waals surface area contributed by atoms with Crippen molar-refractivity contribution >= 4 is 26.7 Å². The summed E-state index contributed by atoms with van der Waals surface area (Å²) in [5.74, 6) is -0.456. The van der Waals surface area contributed by atoms with Gasteiger partial charge in [0.05, 0.1) is 10.5 Å². The second-order valence-electron chi connectivity index (χ2n) is 7.06. The summed E-state index contributed by atoms with van der Waals surface area (Å²) in [4.78, 5) is 12.0. The second kappa shape index (κ2) is 7.85. The number of primary amides is 1. The molecule has 1 saturated heterocycles. The number of carbonyl (C=O) groups excluding carboxylic acids is 1. The van der Waals surface area contributed by atoms with Crippen LogP contribution in [0.1, 0.15) is 28.8 Å². The Bertz CT molecular complexity index is 1160. The van der Waals surface area contributed by atoms with Gasteiger partial charge < -0.3 is 10.5 Å². The van der Waals surface area contributed by atoms with Crippen LogP contribution < -0.4 is 10.5 Å². The Morgan fingerprint density at radius 1 is 1.00 bits per heavy atom. The quantitative estimate of drug-likeness (QED) is 0.675. The molecule has 1 aliphatic heterocycles. The summed E-state index contributed by atoms with van der Waals surface area (Å²) in [6.07, 6.45) is 1.68. The lowest BCUT2D eigenvalue weighted by atomic mass is 10.1. The maximum Gasteiger partial charge on any atom is 0.252 e. The van der Waals surface area contributed by atoms with Crippen LogP contribution in [0.25, 0.3) is 10.8 Å². The number of ether oxygens (including phenoxy) is 1. The van der Waals surface area contributed by atoms with Gasteiger partial charge in [0, 0.05) is 13.1 Å². The Morgan fingerprint density at radius 2 is 1.72 bits per heavy atom. The number of nitrogens with zero attached hydrogens (tertiary/aromatic N) is 1. The van der Waals surface area contributed by atoms with Crippen molar-refractivity contribution in [2.75, 3.05) is 13.1 Å². The van der Waals surface area contributed by atoms with Crippen LogP contribution in [0.15, 0.2) is 65.6 Å². The maximum absolute atomic E-state index is 12.8. The highest BCUT2D eigenvalue weighted by Crippen LogP contribution is 2.28.